The lowest BCUT2D eigenvalue weighted by atomic mass is 9.99. The summed E-state index contributed by atoms with van der Waals surface area (Å²) < 4.78 is 29.9. The largest absolute Gasteiger partial charge is 0.390 e. The van der Waals surface area contributed by atoms with Gasteiger partial charge in [0.1, 0.15) is 0 Å². The maximum Gasteiger partial charge on any atom is 0.252 e. The standard InChI is InChI=1S/C30H43N5O5S2/c1-21(2)14-30(38)35(32-29(37)19-33(5)6)26(15-23-10-8-7-9-11-23)27(36)18-34(17-22(3)4)42(39,40)24-12-13-25-28(16-24)41-20-31-25/h7-13,16,20-22,26-27,36H,14-15,17-19H2,1-6H3,(H,32,37)/t26-,27+/m0/s1. The molecule has 2 atom stereocenters. The van der Waals surface area contributed by atoms with E-state index in [-0.39, 0.29) is 55.1 Å². The molecule has 0 saturated heterocycles. The summed E-state index contributed by atoms with van der Waals surface area (Å²) in [6.07, 6.45) is -0.971. The van der Waals surface area contributed by atoms with E-state index in [1.165, 1.54) is 26.7 Å². The second kappa shape index (κ2) is 15.0. The number of nitrogens with one attached hydrogen (secondary N) is 1. The maximum absolute atomic E-state index is 13.9. The molecule has 1 heterocycles. The highest BCUT2D eigenvalue weighted by molar-refractivity contribution is 7.89. The van der Waals surface area contributed by atoms with Gasteiger partial charge < -0.3 is 10.0 Å². The third kappa shape index (κ3) is 9.30. The number of likely N-dealkylation sites (N-methyl/N-ethyl adjacent to an activating group) is 1. The van der Waals surface area contributed by atoms with Gasteiger partial charge in [0.2, 0.25) is 15.9 Å². The smallest absolute Gasteiger partial charge is 0.252 e. The number of fused-ring (bicyclic) bond motifs is 1. The number of sulfonamides is 1. The molecule has 42 heavy (non-hydrogen) atoms. The first kappa shape index (κ1) is 33.6. The van der Waals surface area contributed by atoms with Crippen LogP contribution >= 0.6 is 11.3 Å². The number of hydrazine groups is 1. The Morgan fingerprint density at radius 2 is 1.69 bits per heavy atom. The molecule has 0 bridgehead atoms. The molecule has 0 fully saturated rings. The van der Waals surface area contributed by atoms with Crippen molar-refractivity contribution in [2.75, 3.05) is 33.7 Å². The SMILES string of the molecule is CC(C)CC(=O)N(NC(=O)CN(C)C)[C@@H](Cc1ccccc1)[C@H](O)CN(CC(C)C)S(=O)(=O)c1ccc2ncsc2c1. The number of amides is 2. The molecule has 2 amide bonds. The summed E-state index contributed by atoms with van der Waals surface area (Å²) in [7, 11) is -0.527. The number of aliphatic hydroxyl groups excluding tert-OH is 1. The fourth-order valence-corrected chi connectivity index (χ4v) is 7.08. The zero-order valence-electron chi connectivity index (χ0n) is 25.2. The minimum absolute atomic E-state index is 0.000237. The van der Waals surface area contributed by atoms with Crippen molar-refractivity contribution in [3.05, 3.63) is 59.6 Å². The highest BCUT2D eigenvalue weighted by atomic mass is 32.2. The number of aliphatic hydroxyl groups is 1. The second-order valence-electron chi connectivity index (χ2n) is 11.7. The zero-order chi connectivity index (χ0) is 31.0. The van der Waals surface area contributed by atoms with Gasteiger partial charge in [0, 0.05) is 19.5 Å². The molecular weight excluding hydrogens is 574 g/mol. The molecular formula is C30H43N5O5S2. The van der Waals surface area contributed by atoms with Gasteiger partial charge in [-0.2, -0.15) is 4.31 Å². The lowest BCUT2D eigenvalue weighted by molar-refractivity contribution is -0.148. The Balaban J connectivity index is 2.01. The molecule has 0 saturated carbocycles. The average Bonchev–Trinajstić information content (AvgIpc) is 3.38. The van der Waals surface area contributed by atoms with Crippen molar-refractivity contribution in [1.82, 2.24) is 24.6 Å². The van der Waals surface area contributed by atoms with E-state index in [2.05, 4.69) is 10.4 Å². The molecule has 230 valence electrons. The number of aromatic nitrogens is 1. The predicted molar refractivity (Wildman–Crippen MR) is 166 cm³/mol. The third-order valence-electron chi connectivity index (χ3n) is 6.52. The van der Waals surface area contributed by atoms with E-state index in [1.807, 2.05) is 58.0 Å². The number of nitrogens with zero attached hydrogens (tertiary/aromatic N) is 4. The van der Waals surface area contributed by atoms with E-state index in [0.717, 1.165) is 10.3 Å². The van der Waals surface area contributed by atoms with Crippen LogP contribution in [0.1, 0.15) is 39.7 Å². The van der Waals surface area contributed by atoms with E-state index >= 15 is 0 Å². The first-order chi connectivity index (χ1) is 19.8. The minimum Gasteiger partial charge on any atom is -0.390 e. The topological polar surface area (TPSA) is 123 Å². The van der Waals surface area contributed by atoms with Crippen LogP contribution in [0.25, 0.3) is 10.2 Å². The summed E-state index contributed by atoms with van der Waals surface area (Å²) in [6, 6.07) is 13.2. The maximum atomic E-state index is 13.9. The number of carbonyl (C=O) groups excluding carboxylic acids is 2. The van der Waals surface area contributed by atoms with Crippen molar-refractivity contribution in [2.24, 2.45) is 11.8 Å². The van der Waals surface area contributed by atoms with E-state index in [9.17, 15) is 23.1 Å². The molecule has 0 radical (unpaired) electrons. The van der Waals surface area contributed by atoms with Crippen LogP contribution in [0.15, 0.2) is 58.9 Å². The molecule has 1 aromatic heterocycles. The van der Waals surface area contributed by atoms with Crippen molar-refractivity contribution in [3.63, 3.8) is 0 Å². The first-order valence-electron chi connectivity index (χ1n) is 14.1. The molecule has 12 heteroatoms. The van der Waals surface area contributed by atoms with Crippen LogP contribution in [0.3, 0.4) is 0 Å². The van der Waals surface area contributed by atoms with Gasteiger partial charge in [-0.05, 0) is 56.1 Å². The highest BCUT2D eigenvalue weighted by Gasteiger charge is 2.36. The summed E-state index contributed by atoms with van der Waals surface area (Å²) in [5.41, 5.74) is 5.94. The third-order valence-corrected chi connectivity index (χ3v) is 9.14. The van der Waals surface area contributed by atoms with Gasteiger partial charge in [0.15, 0.2) is 0 Å². The number of benzene rings is 2. The molecule has 0 aliphatic carbocycles. The molecule has 0 unspecified atom stereocenters. The number of hydrogen-bond acceptors (Lipinski definition) is 8. The fraction of sp³-hybridized carbons (Fsp3) is 0.500. The van der Waals surface area contributed by atoms with Gasteiger partial charge in [-0.15, -0.1) is 11.3 Å². The van der Waals surface area contributed by atoms with Crippen molar-refractivity contribution in [1.29, 1.82) is 0 Å². The quantitative estimate of drug-likeness (QED) is 0.266. The highest BCUT2D eigenvalue weighted by Crippen LogP contribution is 2.26. The summed E-state index contributed by atoms with van der Waals surface area (Å²) in [5.74, 6) is -0.803. The Kier molecular flexibility index (Phi) is 12.0. The van der Waals surface area contributed by atoms with Gasteiger partial charge >= 0.3 is 0 Å². The van der Waals surface area contributed by atoms with Gasteiger partial charge in [0.05, 0.1) is 39.3 Å². The average molecular weight is 618 g/mol. The number of rotatable bonds is 14. The van der Waals surface area contributed by atoms with Crippen LogP contribution in [0.2, 0.25) is 0 Å². The zero-order valence-corrected chi connectivity index (χ0v) is 26.9. The van der Waals surface area contributed by atoms with Crippen LogP contribution < -0.4 is 5.43 Å². The van der Waals surface area contributed by atoms with Gasteiger partial charge in [-0.3, -0.25) is 15.0 Å². The number of carbonyl (C=O) groups is 2. The van der Waals surface area contributed by atoms with E-state index in [0.29, 0.717) is 5.52 Å². The Labute approximate surface area is 253 Å². The molecule has 3 aromatic rings. The molecule has 3 rings (SSSR count). The molecule has 0 aliphatic rings. The summed E-state index contributed by atoms with van der Waals surface area (Å²) in [4.78, 5) is 32.5. The molecule has 0 spiro atoms. The van der Waals surface area contributed by atoms with E-state index in [1.54, 1.807) is 36.6 Å². The minimum atomic E-state index is -4.02. The number of thiazole rings is 1. The van der Waals surface area contributed by atoms with Crippen LogP contribution in [0, 0.1) is 11.8 Å². The summed E-state index contributed by atoms with van der Waals surface area (Å²) >= 11 is 1.35. The Hall–Kier alpha value is -2.90. The van der Waals surface area contributed by atoms with Crippen LogP contribution in [0.4, 0.5) is 0 Å². The van der Waals surface area contributed by atoms with Crippen molar-refractivity contribution < 1.29 is 23.1 Å². The normalized spacial score (nSPS) is 13.7. The lowest BCUT2D eigenvalue weighted by Gasteiger charge is -2.37. The summed E-state index contributed by atoms with van der Waals surface area (Å²) in [6.45, 7) is 7.53. The van der Waals surface area contributed by atoms with Crippen molar-refractivity contribution in [3.8, 4) is 0 Å². The molecule has 2 aromatic carbocycles. The lowest BCUT2D eigenvalue weighted by Crippen LogP contribution is -2.60. The Bertz CT molecular complexity index is 1430. The van der Waals surface area contributed by atoms with Gasteiger partial charge in [0.25, 0.3) is 5.91 Å². The van der Waals surface area contributed by atoms with E-state index < -0.39 is 28.1 Å². The van der Waals surface area contributed by atoms with Crippen LogP contribution in [-0.4, -0.2) is 90.4 Å². The number of hydrogen-bond donors (Lipinski definition) is 2. The van der Waals surface area contributed by atoms with Gasteiger partial charge in [-0.25, -0.2) is 18.4 Å². The second-order valence-corrected chi connectivity index (χ2v) is 14.5. The van der Waals surface area contributed by atoms with Crippen LogP contribution in [0.5, 0.6) is 0 Å². The molecule has 0 aliphatic heterocycles. The Morgan fingerprint density at radius 3 is 2.31 bits per heavy atom. The Morgan fingerprint density at radius 1 is 1.00 bits per heavy atom. The molecule has 10 nitrogen and oxygen atoms in total. The summed E-state index contributed by atoms with van der Waals surface area (Å²) in [5, 5.41) is 13.0. The fourth-order valence-electron chi connectivity index (χ4n) is 4.64. The van der Waals surface area contributed by atoms with Crippen LogP contribution in [-0.2, 0) is 26.0 Å². The van der Waals surface area contributed by atoms with E-state index in [4.69, 9.17) is 0 Å². The molecule has 2 N–H and O–H groups in total. The predicted octanol–water partition coefficient (Wildman–Crippen LogP) is 3.38. The van der Waals surface area contributed by atoms with Crippen molar-refractivity contribution in [2.45, 2.75) is 57.6 Å². The van der Waals surface area contributed by atoms with Gasteiger partial charge in [-0.1, -0.05) is 58.0 Å². The van der Waals surface area contributed by atoms with Crippen molar-refractivity contribution >= 4 is 43.4 Å². The monoisotopic (exact) mass is 617 g/mol. The first-order valence-corrected chi connectivity index (χ1v) is 16.4.